The van der Waals surface area contributed by atoms with E-state index in [4.69, 9.17) is 10.5 Å². The highest BCUT2D eigenvalue weighted by Gasteiger charge is 2.12. The van der Waals surface area contributed by atoms with Crippen LogP contribution in [0.1, 0.15) is 12.5 Å². The lowest BCUT2D eigenvalue weighted by Gasteiger charge is -2.13. The first-order chi connectivity index (χ1) is 9.06. The second-order valence-corrected chi connectivity index (χ2v) is 4.47. The Morgan fingerprint density at radius 2 is 1.79 bits per heavy atom. The fraction of sp³-hybridized carbons (Fsp3) is 0.200. The first-order valence-corrected chi connectivity index (χ1v) is 6.02. The predicted octanol–water partition coefficient (Wildman–Crippen LogP) is 3.65. The molecule has 2 aromatic rings. The molecule has 0 spiro atoms. The van der Waals surface area contributed by atoms with Crippen molar-refractivity contribution >= 4 is 0 Å². The topological polar surface area (TPSA) is 35.2 Å². The van der Waals surface area contributed by atoms with Crippen LogP contribution in [0.25, 0.3) is 0 Å². The summed E-state index contributed by atoms with van der Waals surface area (Å²) < 4.78 is 32.1. The predicted molar refractivity (Wildman–Crippen MR) is 70.2 cm³/mol. The third-order valence-electron chi connectivity index (χ3n) is 2.62. The van der Waals surface area contributed by atoms with Crippen LogP contribution in [0.2, 0.25) is 0 Å². The zero-order valence-electron chi connectivity index (χ0n) is 10.6. The van der Waals surface area contributed by atoms with Crippen molar-refractivity contribution < 1.29 is 13.5 Å². The molecule has 0 saturated heterocycles. The monoisotopic (exact) mass is 263 g/mol. The zero-order chi connectivity index (χ0) is 13.8. The van der Waals surface area contributed by atoms with Crippen LogP contribution in [-0.2, 0) is 6.42 Å². The van der Waals surface area contributed by atoms with Gasteiger partial charge in [-0.25, -0.2) is 8.78 Å². The van der Waals surface area contributed by atoms with Gasteiger partial charge in [-0.1, -0.05) is 12.1 Å². The molecule has 2 nitrogen and oxygen atoms in total. The Labute approximate surface area is 110 Å². The number of rotatable bonds is 4. The lowest BCUT2D eigenvalue weighted by atomic mass is 10.1. The van der Waals surface area contributed by atoms with E-state index >= 15 is 0 Å². The summed E-state index contributed by atoms with van der Waals surface area (Å²) in [7, 11) is 0. The molecule has 0 aliphatic heterocycles. The van der Waals surface area contributed by atoms with Gasteiger partial charge >= 0.3 is 0 Å². The fourth-order valence-corrected chi connectivity index (χ4v) is 1.80. The third kappa shape index (κ3) is 3.51. The van der Waals surface area contributed by atoms with Gasteiger partial charge in [-0.15, -0.1) is 0 Å². The van der Waals surface area contributed by atoms with E-state index in [2.05, 4.69) is 0 Å². The van der Waals surface area contributed by atoms with Gasteiger partial charge in [0.1, 0.15) is 11.6 Å². The van der Waals surface area contributed by atoms with E-state index in [9.17, 15) is 8.78 Å². The standard InChI is InChI=1S/C15H15F2NO/c1-10(18)9-11-3-2-4-14(17)15(11)19-13-7-5-12(16)6-8-13/h2-8,10H,9,18H2,1H3. The quantitative estimate of drug-likeness (QED) is 0.913. The van der Waals surface area contributed by atoms with Crippen LogP contribution in [0.3, 0.4) is 0 Å². The number of para-hydroxylation sites is 1. The van der Waals surface area contributed by atoms with E-state index in [1.54, 1.807) is 12.1 Å². The normalized spacial score (nSPS) is 12.2. The van der Waals surface area contributed by atoms with Gasteiger partial charge in [0, 0.05) is 6.04 Å². The Balaban J connectivity index is 2.30. The van der Waals surface area contributed by atoms with Gasteiger partial charge in [-0.3, -0.25) is 0 Å². The SMILES string of the molecule is CC(N)Cc1cccc(F)c1Oc1ccc(F)cc1. The molecule has 100 valence electrons. The first kappa shape index (κ1) is 13.5. The maximum absolute atomic E-state index is 13.8. The van der Waals surface area contributed by atoms with Crippen LogP contribution in [0.5, 0.6) is 11.5 Å². The minimum absolute atomic E-state index is 0.0997. The lowest BCUT2D eigenvalue weighted by molar-refractivity contribution is 0.433. The molecule has 1 atom stereocenters. The van der Waals surface area contributed by atoms with Crippen molar-refractivity contribution in [3.8, 4) is 11.5 Å². The highest BCUT2D eigenvalue weighted by atomic mass is 19.1. The molecule has 0 bridgehead atoms. The molecule has 0 saturated carbocycles. The van der Waals surface area contributed by atoms with Crippen LogP contribution in [0.4, 0.5) is 8.78 Å². The summed E-state index contributed by atoms with van der Waals surface area (Å²) in [6.07, 6.45) is 0.508. The fourth-order valence-electron chi connectivity index (χ4n) is 1.80. The van der Waals surface area contributed by atoms with Gasteiger partial charge < -0.3 is 10.5 Å². The van der Waals surface area contributed by atoms with Crippen molar-refractivity contribution in [1.82, 2.24) is 0 Å². The van der Waals surface area contributed by atoms with Gasteiger partial charge in [0.15, 0.2) is 11.6 Å². The van der Waals surface area contributed by atoms with Gasteiger partial charge in [0.2, 0.25) is 0 Å². The van der Waals surface area contributed by atoms with Crippen molar-refractivity contribution in [2.75, 3.05) is 0 Å². The molecular formula is C15H15F2NO. The molecule has 0 aromatic heterocycles. The molecule has 0 radical (unpaired) electrons. The highest BCUT2D eigenvalue weighted by molar-refractivity contribution is 5.39. The minimum Gasteiger partial charge on any atom is -0.454 e. The van der Waals surface area contributed by atoms with Crippen molar-refractivity contribution in [3.05, 3.63) is 59.7 Å². The minimum atomic E-state index is -0.456. The molecule has 0 heterocycles. The van der Waals surface area contributed by atoms with Gasteiger partial charge in [-0.2, -0.15) is 0 Å². The van der Waals surface area contributed by atoms with E-state index in [1.807, 2.05) is 6.92 Å². The molecule has 2 aromatic carbocycles. The summed E-state index contributed by atoms with van der Waals surface area (Å²) in [6.45, 7) is 1.84. The van der Waals surface area contributed by atoms with E-state index < -0.39 is 5.82 Å². The molecule has 2 N–H and O–H groups in total. The van der Waals surface area contributed by atoms with Crippen LogP contribution < -0.4 is 10.5 Å². The van der Waals surface area contributed by atoms with E-state index in [0.717, 1.165) is 0 Å². The Hall–Kier alpha value is -1.94. The molecule has 4 heteroatoms. The molecule has 2 rings (SSSR count). The largest absolute Gasteiger partial charge is 0.454 e. The number of nitrogens with two attached hydrogens (primary N) is 1. The Morgan fingerprint density at radius 1 is 1.11 bits per heavy atom. The molecule has 0 fully saturated rings. The molecule has 0 aliphatic rings. The van der Waals surface area contributed by atoms with E-state index in [1.165, 1.54) is 30.3 Å². The Bertz CT molecular complexity index is 553. The van der Waals surface area contributed by atoms with Crippen LogP contribution in [-0.4, -0.2) is 6.04 Å². The average molecular weight is 263 g/mol. The molecular weight excluding hydrogens is 248 g/mol. The lowest BCUT2D eigenvalue weighted by Crippen LogP contribution is -2.18. The van der Waals surface area contributed by atoms with Crippen molar-refractivity contribution in [2.45, 2.75) is 19.4 Å². The van der Waals surface area contributed by atoms with Crippen molar-refractivity contribution in [2.24, 2.45) is 5.73 Å². The Kier molecular flexibility index (Phi) is 4.12. The second-order valence-electron chi connectivity index (χ2n) is 4.47. The smallest absolute Gasteiger partial charge is 0.166 e. The summed E-state index contributed by atoms with van der Waals surface area (Å²) >= 11 is 0. The van der Waals surface area contributed by atoms with Crippen molar-refractivity contribution in [3.63, 3.8) is 0 Å². The van der Waals surface area contributed by atoms with Gasteiger partial charge in [-0.05, 0) is 49.2 Å². The van der Waals surface area contributed by atoms with Crippen LogP contribution in [0.15, 0.2) is 42.5 Å². The van der Waals surface area contributed by atoms with Crippen LogP contribution >= 0.6 is 0 Å². The maximum Gasteiger partial charge on any atom is 0.166 e. The second kappa shape index (κ2) is 5.80. The number of ether oxygens (including phenoxy) is 1. The molecule has 19 heavy (non-hydrogen) atoms. The first-order valence-electron chi connectivity index (χ1n) is 6.02. The molecule has 0 amide bonds. The Morgan fingerprint density at radius 3 is 2.42 bits per heavy atom. The third-order valence-corrected chi connectivity index (χ3v) is 2.62. The van der Waals surface area contributed by atoms with Crippen molar-refractivity contribution in [1.29, 1.82) is 0 Å². The van der Waals surface area contributed by atoms with E-state index in [-0.39, 0.29) is 17.6 Å². The number of benzene rings is 2. The summed E-state index contributed by atoms with van der Waals surface area (Å²) in [5.41, 5.74) is 6.42. The van der Waals surface area contributed by atoms with Crippen LogP contribution in [0, 0.1) is 11.6 Å². The zero-order valence-corrected chi connectivity index (χ0v) is 10.6. The maximum atomic E-state index is 13.8. The average Bonchev–Trinajstić information content (AvgIpc) is 2.35. The van der Waals surface area contributed by atoms with E-state index in [0.29, 0.717) is 17.7 Å². The summed E-state index contributed by atoms with van der Waals surface area (Å²) in [5.74, 6) is -0.289. The summed E-state index contributed by atoms with van der Waals surface area (Å²) in [6, 6.07) is 10.1. The molecule has 0 aliphatic carbocycles. The molecule has 1 unspecified atom stereocenters. The van der Waals surface area contributed by atoms with Gasteiger partial charge in [0.25, 0.3) is 0 Å². The number of halogens is 2. The van der Waals surface area contributed by atoms with Gasteiger partial charge in [0.05, 0.1) is 0 Å². The summed E-state index contributed by atoms with van der Waals surface area (Å²) in [5, 5.41) is 0. The number of hydrogen-bond acceptors (Lipinski definition) is 2. The highest BCUT2D eigenvalue weighted by Crippen LogP contribution is 2.29. The number of hydrogen-bond donors (Lipinski definition) is 1. The summed E-state index contributed by atoms with van der Waals surface area (Å²) in [4.78, 5) is 0.